The molecule has 0 radical (unpaired) electrons. The van der Waals surface area contributed by atoms with Crippen molar-refractivity contribution in [1.82, 2.24) is 10.6 Å². The van der Waals surface area contributed by atoms with Crippen molar-refractivity contribution in [2.75, 3.05) is 19.0 Å². The summed E-state index contributed by atoms with van der Waals surface area (Å²) in [5, 5.41) is 8.37. The van der Waals surface area contributed by atoms with Crippen LogP contribution in [-0.4, -0.2) is 31.1 Å². The fourth-order valence-corrected chi connectivity index (χ4v) is 1.95. The van der Waals surface area contributed by atoms with Crippen LogP contribution < -0.4 is 20.7 Å². The van der Waals surface area contributed by atoms with Crippen LogP contribution in [0.4, 0.5) is 10.5 Å². The SMILES string of the molecule is COc1ccc(NC(C)=O)cc1CCNC(=O)NC(C)(C)C. The fraction of sp³-hybridized carbons (Fsp3) is 0.500. The molecule has 0 aliphatic rings. The third kappa shape index (κ3) is 6.47. The predicted octanol–water partition coefficient (Wildman–Crippen LogP) is 2.29. The molecule has 1 aromatic carbocycles. The summed E-state index contributed by atoms with van der Waals surface area (Å²) in [7, 11) is 1.59. The highest BCUT2D eigenvalue weighted by molar-refractivity contribution is 5.88. The summed E-state index contributed by atoms with van der Waals surface area (Å²) in [5.41, 5.74) is 1.36. The number of benzene rings is 1. The number of amides is 3. The van der Waals surface area contributed by atoms with E-state index in [1.54, 1.807) is 19.2 Å². The number of methoxy groups -OCH3 is 1. The second kappa shape index (κ2) is 7.68. The van der Waals surface area contributed by atoms with E-state index in [-0.39, 0.29) is 17.5 Å². The maximum atomic E-state index is 11.7. The molecule has 0 aliphatic heterocycles. The van der Waals surface area contributed by atoms with Crippen molar-refractivity contribution in [3.8, 4) is 5.75 Å². The second-order valence-corrected chi connectivity index (χ2v) is 6.09. The van der Waals surface area contributed by atoms with Gasteiger partial charge in [0.05, 0.1) is 7.11 Å². The maximum Gasteiger partial charge on any atom is 0.315 e. The number of urea groups is 1. The van der Waals surface area contributed by atoms with E-state index in [9.17, 15) is 9.59 Å². The van der Waals surface area contributed by atoms with Crippen molar-refractivity contribution in [1.29, 1.82) is 0 Å². The first-order valence-corrected chi connectivity index (χ1v) is 7.22. The number of carbonyl (C=O) groups is 2. The Labute approximate surface area is 131 Å². The maximum absolute atomic E-state index is 11.7. The molecule has 3 N–H and O–H groups in total. The van der Waals surface area contributed by atoms with Gasteiger partial charge in [0.15, 0.2) is 0 Å². The van der Waals surface area contributed by atoms with E-state index in [0.29, 0.717) is 18.7 Å². The lowest BCUT2D eigenvalue weighted by Crippen LogP contribution is -2.46. The van der Waals surface area contributed by atoms with E-state index < -0.39 is 0 Å². The van der Waals surface area contributed by atoms with Gasteiger partial charge in [-0.3, -0.25) is 4.79 Å². The molecule has 0 aromatic heterocycles. The van der Waals surface area contributed by atoms with Gasteiger partial charge in [-0.05, 0) is 51.0 Å². The van der Waals surface area contributed by atoms with E-state index >= 15 is 0 Å². The molecule has 1 aromatic rings. The van der Waals surface area contributed by atoms with E-state index in [2.05, 4.69) is 16.0 Å². The Kier molecular flexibility index (Phi) is 6.22. The lowest BCUT2D eigenvalue weighted by Gasteiger charge is -2.20. The Hall–Kier alpha value is -2.24. The number of hydrogen-bond acceptors (Lipinski definition) is 3. The Morgan fingerprint density at radius 2 is 1.91 bits per heavy atom. The summed E-state index contributed by atoms with van der Waals surface area (Å²) in [6.07, 6.45) is 0.605. The van der Waals surface area contributed by atoms with Crippen molar-refractivity contribution < 1.29 is 14.3 Å². The molecule has 3 amide bonds. The van der Waals surface area contributed by atoms with Gasteiger partial charge in [0.25, 0.3) is 0 Å². The van der Waals surface area contributed by atoms with E-state index in [1.807, 2.05) is 26.8 Å². The highest BCUT2D eigenvalue weighted by atomic mass is 16.5. The molecule has 0 atom stereocenters. The molecule has 0 unspecified atom stereocenters. The van der Waals surface area contributed by atoms with Crippen molar-refractivity contribution in [3.05, 3.63) is 23.8 Å². The first-order valence-electron chi connectivity index (χ1n) is 7.22. The highest BCUT2D eigenvalue weighted by Gasteiger charge is 2.13. The molecule has 0 spiro atoms. The van der Waals surface area contributed by atoms with Crippen LogP contribution in [-0.2, 0) is 11.2 Å². The lowest BCUT2D eigenvalue weighted by atomic mass is 10.1. The Morgan fingerprint density at radius 1 is 1.23 bits per heavy atom. The number of hydrogen-bond donors (Lipinski definition) is 3. The van der Waals surface area contributed by atoms with Crippen molar-refractivity contribution in [2.24, 2.45) is 0 Å². The first-order chi connectivity index (χ1) is 10.2. The monoisotopic (exact) mass is 307 g/mol. The Balaban J connectivity index is 2.63. The molecule has 22 heavy (non-hydrogen) atoms. The van der Waals surface area contributed by atoms with Crippen LogP contribution in [0.3, 0.4) is 0 Å². The molecule has 1 rings (SSSR count). The number of ether oxygens (including phenoxy) is 1. The molecule has 122 valence electrons. The molecular weight excluding hydrogens is 282 g/mol. The van der Waals surface area contributed by atoms with Gasteiger partial charge in [0, 0.05) is 24.7 Å². The summed E-state index contributed by atoms with van der Waals surface area (Å²) < 4.78 is 5.30. The first kappa shape index (κ1) is 17.8. The molecule has 6 heteroatoms. The van der Waals surface area contributed by atoms with Gasteiger partial charge in [-0.25, -0.2) is 4.79 Å². The van der Waals surface area contributed by atoms with Crippen LogP contribution in [0.15, 0.2) is 18.2 Å². The van der Waals surface area contributed by atoms with Crippen LogP contribution in [0.5, 0.6) is 5.75 Å². The molecule has 0 saturated carbocycles. The lowest BCUT2D eigenvalue weighted by molar-refractivity contribution is -0.114. The normalized spacial score (nSPS) is 10.8. The summed E-state index contributed by atoms with van der Waals surface area (Å²) >= 11 is 0. The largest absolute Gasteiger partial charge is 0.496 e. The second-order valence-electron chi connectivity index (χ2n) is 6.09. The van der Waals surface area contributed by atoms with Crippen LogP contribution in [0.25, 0.3) is 0 Å². The summed E-state index contributed by atoms with van der Waals surface area (Å²) in [5.74, 6) is 0.603. The van der Waals surface area contributed by atoms with Crippen LogP contribution in [0, 0.1) is 0 Å². The molecular formula is C16H25N3O3. The standard InChI is InChI=1S/C16H25N3O3/c1-11(20)18-13-6-7-14(22-5)12(10-13)8-9-17-15(21)19-16(2,3)4/h6-7,10H,8-9H2,1-5H3,(H,18,20)(H2,17,19,21). The summed E-state index contributed by atoms with van der Waals surface area (Å²) in [4.78, 5) is 22.8. The fourth-order valence-electron chi connectivity index (χ4n) is 1.95. The third-order valence-corrected chi connectivity index (χ3v) is 2.77. The smallest absolute Gasteiger partial charge is 0.315 e. The zero-order valence-electron chi connectivity index (χ0n) is 13.9. The van der Waals surface area contributed by atoms with Gasteiger partial charge in [-0.1, -0.05) is 0 Å². The number of carbonyl (C=O) groups excluding carboxylic acids is 2. The predicted molar refractivity (Wildman–Crippen MR) is 87.3 cm³/mol. The minimum absolute atomic E-state index is 0.126. The highest BCUT2D eigenvalue weighted by Crippen LogP contribution is 2.23. The van der Waals surface area contributed by atoms with Crippen molar-refractivity contribution in [2.45, 2.75) is 39.7 Å². The third-order valence-electron chi connectivity index (χ3n) is 2.77. The molecule has 0 saturated heterocycles. The van der Waals surface area contributed by atoms with Crippen LogP contribution in [0.1, 0.15) is 33.3 Å². The van der Waals surface area contributed by atoms with Gasteiger partial charge >= 0.3 is 6.03 Å². The molecule has 0 bridgehead atoms. The average molecular weight is 307 g/mol. The van der Waals surface area contributed by atoms with Gasteiger partial charge in [-0.2, -0.15) is 0 Å². The Bertz CT molecular complexity index is 536. The van der Waals surface area contributed by atoms with Crippen LogP contribution >= 0.6 is 0 Å². The topological polar surface area (TPSA) is 79.5 Å². The van der Waals surface area contributed by atoms with E-state index in [1.165, 1.54) is 6.92 Å². The summed E-state index contributed by atoms with van der Waals surface area (Å²) in [6, 6.07) is 5.23. The molecule has 0 heterocycles. The van der Waals surface area contributed by atoms with E-state index in [4.69, 9.17) is 4.74 Å². The van der Waals surface area contributed by atoms with Gasteiger partial charge in [0.1, 0.15) is 5.75 Å². The quantitative estimate of drug-likeness (QED) is 0.781. The number of rotatable bonds is 5. The number of nitrogens with one attached hydrogen (secondary N) is 3. The molecule has 0 aliphatic carbocycles. The minimum Gasteiger partial charge on any atom is -0.496 e. The average Bonchev–Trinajstić information content (AvgIpc) is 2.36. The number of anilines is 1. The molecule has 6 nitrogen and oxygen atoms in total. The van der Waals surface area contributed by atoms with Gasteiger partial charge in [-0.15, -0.1) is 0 Å². The zero-order valence-corrected chi connectivity index (χ0v) is 13.9. The minimum atomic E-state index is -0.271. The van der Waals surface area contributed by atoms with Gasteiger partial charge in [0.2, 0.25) is 5.91 Å². The van der Waals surface area contributed by atoms with Gasteiger partial charge < -0.3 is 20.7 Å². The van der Waals surface area contributed by atoms with Crippen molar-refractivity contribution in [3.63, 3.8) is 0 Å². The van der Waals surface area contributed by atoms with E-state index in [0.717, 1.165) is 11.3 Å². The zero-order chi connectivity index (χ0) is 16.8. The molecule has 0 fully saturated rings. The summed E-state index contributed by atoms with van der Waals surface area (Å²) in [6.45, 7) is 7.70. The van der Waals surface area contributed by atoms with Crippen LogP contribution in [0.2, 0.25) is 0 Å². The van der Waals surface area contributed by atoms with Crippen molar-refractivity contribution >= 4 is 17.6 Å². The Morgan fingerprint density at radius 3 is 2.45 bits per heavy atom.